The Morgan fingerprint density at radius 3 is 2.78 bits per heavy atom. The van der Waals surface area contributed by atoms with Crippen LogP contribution >= 0.6 is 0 Å². The van der Waals surface area contributed by atoms with Gasteiger partial charge in [0.15, 0.2) is 12.4 Å². The summed E-state index contributed by atoms with van der Waals surface area (Å²) >= 11 is 0. The van der Waals surface area contributed by atoms with Gasteiger partial charge in [0.1, 0.15) is 0 Å². The number of rotatable bonds is 1. The summed E-state index contributed by atoms with van der Waals surface area (Å²) in [7, 11) is 0. The van der Waals surface area contributed by atoms with Crippen LogP contribution in [0.4, 0.5) is 5.82 Å². The van der Waals surface area contributed by atoms with E-state index in [9.17, 15) is 10.1 Å². The van der Waals surface area contributed by atoms with Crippen LogP contribution in [-0.4, -0.2) is 14.9 Å². The Bertz CT molecular complexity index is 210. The van der Waals surface area contributed by atoms with Gasteiger partial charge in [-0.1, -0.05) is 0 Å². The lowest BCUT2D eigenvalue weighted by Crippen LogP contribution is -1.91. The maximum Gasteiger partial charge on any atom is 0.392 e. The smallest absolute Gasteiger partial charge is 0.358 e. The number of aromatic nitrogens is 2. The van der Waals surface area contributed by atoms with E-state index in [-0.39, 0.29) is 5.82 Å². The average Bonchev–Trinajstić information content (AvgIpc) is 1.90. The van der Waals surface area contributed by atoms with Crippen molar-refractivity contribution in [2.75, 3.05) is 0 Å². The summed E-state index contributed by atoms with van der Waals surface area (Å²) in [4.78, 5) is 16.0. The molecule has 1 aromatic heterocycles. The van der Waals surface area contributed by atoms with Crippen LogP contribution in [0.2, 0.25) is 0 Å². The van der Waals surface area contributed by atoms with Gasteiger partial charge in [0.05, 0.1) is 6.20 Å². The van der Waals surface area contributed by atoms with Gasteiger partial charge in [-0.15, -0.1) is 0 Å². The van der Waals surface area contributed by atoms with E-state index in [1.165, 1.54) is 12.4 Å². The second-order valence-corrected chi connectivity index (χ2v) is 1.25. The molecule has 45 valence electrons. The van der Waals surface area contributed by atoms with Gasteiger partial charge in [-0.05, 0) is 9.91 Å². The molecule has 0 saturated heterocycles. The fraction of sp³-hybridized carbons (Fsp3) is 0. The van der Waals surface area contributed by atoms with Crippen molar-refractivity contribution in [3.8, 4) is 0 Å². The third-order valence-corrected chi connectivity index (χ3v) is 0.676. The standard InChI is InChI=1S/C4H2N3O2/c8-7(9)4-3-5-1-2-6-4/h1-2H. The van der Waals surface area contributed by atoms with E-state index in [0.717, 1.165) is 0 Å². The minimum atomic E-state index is -0.646. The minimum absolute atomic E-state index is 0.350. The lowest BCUT2D eigenvalue weighted by atomic mass is 10.7. The van der Waals surface area contributed by atoms with Gasteiger partial charge in [0, 0.05) is 0 Å². The molecule has 0 aliphatic carbocycles. The molecule has 0 amide bonds. The third-order valence-electron chi connectivity index (χ3n) is 0.676. The molecule has 0 atom stereocenters. The van der Waals surface area contributed by atoms with E-state index in [1.807, 2.05) is 0 Å². The summed E-state index contributed by atoms with van der Waals surface area (Å²) in [6, 6.07) is 0. The lowest BCUT2D eigenvalue weighted by molar-refractivity contribution is -0.390. The van der Waals surface area contributed by atoms with Crippen molar-refractivity contribution in [3.05, 3.63) is 28.7 Å². The topological polar surface area (TPSA) is 68.9 Å². The second kappa shape index (κ2) is 2.17. The highest BCUT2D eigenvalue weighted by Crippen LogP contribution is 1.97. The molecule has 1 rings (SSSR count). The Labute approximate surface area is 50.5 Å². The zero-order chi connectivity index (χ0) is 6.69. The van der Waals surface area contributed by atoms with Crippen LogP contribution in [0.5, 0.6) is 0 Å². The Balaban J connectivity index is 2.98. The van der Waals surface area contributed by atoms with Crippen LogP contribution in [0, 0.1) is 16.3 Å². The molecular weight excluding hydrogens is 122 g/mol. The molecule has 0 unspecified atom stereocenters. The fourth-order valence-corrected chi connectivity index (χ4v) is 0.349. The third kappa shape index (κ3) is 1.18. The molecule has 5 heteroatoms. The molecule has 0 aliphatic heterocycles. The molecule has 1 radical (unpaired) electrons. The first-order valence-corrected chi connectivity index (χ1v) is 2.14. The van der Waals surface area contributed by atoms with Crippen molar-refractivity contribution >= 4 is 5.82 Å². The molecule has 0 fully saturated rings. The summed E-state index contributed by atoms with van der Waals surface area (Å²) in [5.41, 5.74) is 0. The monoisotopic (exact) mass is 124 g/mol. The summed E-state index contributed by atoms with van der Waals surface area (Å²) in [6.07, 6.45) is 4.68. The number of hydrogen-bond donors (Lipinski definition) is 0. The molecule has 0 aliphatic rings. The summed E-state index contributed by atoms with van der Waals surface area (Å²) in [5, 5.41) is 9.87. The van der Waals surface area contributed by atoms with E-state index in [4.69, 9.17) is 0 Å². The van der Waals surface area contributed by atoms with Crippen LogP contribution in [0.1, 0.15) is 0 Å². The predicted molar refractivity (Wildman–Crippen MR) is 27.5 cm³/mol. The predicted octanol–water partition coefficient (Wildman–Crippen LogP) is 0.185. The number of nitrogens with zero attached hydrogens (tertiary/aromatic N) is 3. The molecule has 0 aromatic carbocycles. The number of nitro groups is 1. The van der Waals surface area contributed by atoms with Crippen molar-refractivity contribution in [2.24, 2.45) is 0 Å². The molecule has 0 N–H and O–H groups in total. The highest BCUT2D eigenvalue weighted by Gasteiger charge is 2.02. The van der Waals surface area contributed by atoms with Gasteiger partial charge < -0.3 is 10.1 Å². The van der Waals surface area contributed by atoms with Crippen molar-refractivity contribution in [2.45, 2.75) is 0 Å². The van der Waals surface area contributed by atoms with Crippen molar-refractivity contribution < 1.29 is 4.92 Å². The second-order valence-electron chi connectivity index (χ2n) is 1.25. The fourth-order valence-electron chi connectivity index (χ4n) is 0.349. The molecule has 5 nitrogen and oxygen atoms in total. The molecule has 1 aromatic rings. The maximum absolute atomic E-state index is 9.87. The van der Waals surface area contributed by atoms with E-state index >= 15 is 0 Å². The highest BCUT2D eigenvalue weighted by molar-refractivity contribution is 5.07. The molecule has 1 heterocycles. The Hall–Kier alpha value is -1.52. The average molecular weight is 124 g/mol. The molecule has 0 bridgehead atoms. The quantitative estimate of drug-likeness (QED) is 0.395. The summed E-state index contributed by atoms with van der Waals surface area (Å²) in [6.45, 7) is 0. The molecule has 9 heavy (non-hydrogen) atoms. The van der Waals surface area contributed by atoms with Crippen molar-refractivity contribution in [1.29, 1.82) is 0 Å². The number of hydrogen-bond acceptors (Lipinski definition) is 4. The van der Waals surface area contributed by atoms with Crippen LogP contribution in [0.25, 0.3) is 0 Å². The lowest BCUT2D eigenvalue weighted by Gasteiger charge is -1.85. The van der Waals surface area contributed by atoms with E-state index < -0.39 is 4.92 Å². The molecule has 0 saturated carbocycles. The first kappa shape index (κ1) is 5.61. The zero-order valence-electron chi connectivity index (χ0n) is 4.31. The van der Waals surface area contributed by atoms with Crippen molar-refractivity contribution in [3.63, 3.8) is 0 Å². The van der Waals surface area contributed by atoms with E-state index in [1.54, 1.807) is 0 Å². The van der Waals surface area contributed by atoms with E-state index in [0.29, 0.717) is 0 Å². The Morgan fingerprint density at radius 1 is 1.67 bits per heavy atom. The van der Waals surface area contributed by atoms with Crippen LogP contribution in [0.3, 0.4) is 0 Å². The summed E-state index contributed by atoms with van der Waals surface area (Å²) in [5.74, 6) is -0.350. The van der Waals surface area contributed by atoms with Gasteiger partial charge in [0.25, 0.3) is 0 Å². The van der Waals surface area contributed by atoms with E-state index in [2.05, 4.69) is 16.2 Å². The highest BCUT2D eigenvalue weighted by atomic mass is 16.6. The molecular formula is C4H2N3O2. The van der Waals surface area contributed by atoms with Gasteiger partial charge in [0.2, 0.25) is 0 Å². The van der Waals surface area contributed by atoms with Gasteiger partial charge in [-0.2, -0.15) is 0 Å². The van der Waals surface area contributed by atoms with Gasteiger partial charge in [-0.25, -0.2) is 4.98 Å². The normalized spacial score (nSPS) is 8.89. The first-order chi connectivity index (χ1) is 4.30. The largest absolute Gasteiger partial charge is 0.392 e. The minimum Gasteiger partial charge on any atom is -0.358 e. The van der Waals surface area contributed by atoms with Crippen LogP contribution < -0.4 is 0 Å². The van der Waals surface area contributed by atoms with Crippen LogP contribution in [-0.2, 0) is 0 Å². The Morgan fingerprint density at radius 2 is 2.44 bits per heavy atom. The first-order valence-electron chi connectivity index (χ1n) is 2.14. The van der Waals surface area contributed by atoms with Gasteiger partial charge in [-0.3, -0.25) is 0 Å². The SMILES string of the molecule is O=[N+]([O-])c1[c]nccn1. The van der Waals surface area contributed by atoms with Crippen molar-refractivity contribution in [1.82, 2.24) is 9.97 Å². The molecule has 0 spiro atoms. The van der Waals surface area contributed by atoms with Crippen LogP contribution in [0.15, 0.2) is 12.4 Å². The summed E-state index contributed by atoms with van der Waals surface area (Å²) < 4.78 is 0. The maximum atomic E-state index is 9.87. The Kier molecular flexibility index (Phi) is 1.35. The zero-order valence-corrected chi connectivity index (χ0v) is 4.31. The van der Waals surface area contributed by atoms with Gasteiger partial charge >= 0.3 is 5.82 Å².